The molecular formula is C10H20F3NO. The second-order valence-electron chi connectivity index (χ2n) is 3.83. The van der Waals surface area contributed by atoms with Crippen molar-refractivity contribution >= 4 is 0 Å². The molecule has 5 heteroatoms. The molecule has 0 heterocycles. The van der Waals surface area contributed by atoms with Crippen LogP contribution < -0.4 is 5.32 Å². The SMILES string of the molecule is CCCC(C)NCC(C)OCC(F)(F)F. The first-order valence-electron chi connectivity index (χ1n) is 5.27. The maximum Gasteiger partial charge on any atom is 0.411 e. The van der Waals surface area contributed by atoms with Crippen LogP contribution in [0.5, 0.6) is 0 Å². The predicted molar refractivity (Wildman–Crippen MR) is 53.8 cm³/mol. The van der Waals surface area contributed by atoms with Crippen LogP contribution in [0.4, 0.5) is 13.2 Å². The molecule has 0 rings (SSSR count). The van der Waals surface area contributed by atoms with Gasteiger partial charge in [0, 0.05) is 12.6 Å². The number of alkyl halides is 3. The Bertz CT molecular complexity index is 161. The molecule has 0 bridgehead atoms. The maximum atomic E-state index is 11.8. The number of rotatable bonds is 7. The lowest BCUT2D eigenvalue weighted by atomic mass is 10.2. The molecule has 0 aromatic rings. The number of halogens is 3. The van der Waals surface area contributed by atoms with Gasteiger partial charge >= 0.3 is 6.18 Å². The third kappa shape index (κ3) is 10.0. The van der Waals surface area contributed by atoms with E-state index in [1.807, 2.05) is 6.92 Å². The van der Waals surface area contributed by atoms with E-state index >= 15 is 0 Å². The lowest BCUT2D eigenvalue weighted by Gasteiger charge is -2.18. The van der Waals surface area contributed by atoms with Gasteiger partial charge in [0.1, 0.15) is 6.61 Å². The van der Waals surface area contributed by atoms with Crippen LogP contribution in [0.1, 0.15) is 33.6 Å². The molecule has 0 aromatic heterocycles. The van der Waals surface area contributed by atoms with Gasteiger partial charge in [-0.3, -0.25) is 0 Å². The number of ether oxygens (including phenoxy) is 1. The minimum absolute atomic E-state index is 0.326. The third-order valence-corrected chi connectivity index (χ3v) is 2.01. The molecule has 0 aliphatic rings. The zero-order valence-electron chi connectivity index (χ0n) is 9.53. The first-order valence-corrected chi connectivity index (χ1v) is 5.27. The Kier molecular flexibility index (Phi) is 6.92. The minimum atomic E-state index is -4.23. The predicted octanol–water partition coefficient (Wildman–Crippen LogP) is 2.73. The molecule has 0 saturated heterocycles. The van der Waals surface area contributed by atoms with Crippen LogP contribution in [0.3, 0.4) is 0 Å². The van der Waals surface area contributed by atoms with Crippen molar-refractivity contribution in [2.24, 2.45) is 0 Å². The van der Waals surface area contributed by atoms with Gasteiger partial charge in [-0.2, -0.15) is 13.2 Å². The van der Waals surface area contributed by atoms with E-state index in [-0.39, 0.29) is 0 Å². The molecule has 0 amide bonds. The topological polar surface area (TPSA) is 21.3 Å². The highest BCUT2D eigenvalue weighted by molar-refractivity contribution is 4.63. The fraction of sp³-hybridized carbons (Fsp3) is 1.00. The second-order valence-corrected chi connectivity index (χ2v) is 3.83. The van der Waals surface area contributed by atoms with Gasteiger partial charge in [-0.1, -0.05) is 13.3 Å². The molecule has 0 aromatic carbocycles. The average molecular weight is 227 g/mol. The first-order chi connectivity index (χ1) is 6.85. The highest BCUT2D eigenvalue weighted by Gasteiger charge is 2.28. The van der Waals surface area contributed by atoms with Crippen molar-refractivity contribution in [1.82, 2.24) is 5.32 Å². The van der Waals surface area contributed by atoms with Crippen LogP contribution in [-0.4, -0.2) is 31.5 Å². The van der Waals surface area contributed by atoms with Crippen LogP contribution >= 0.6 is 0 Å². The molecule has 0 aliphatic heterocycles. The van der Waals surface area contributed by atoms with Crippen LogP contribution in [0.2, 0.25) is 0 Å². The van der Waals surface area contributed by atoms with Gasteiger partial charge in [0.05, 0.1) is 6.10 Å². The molecule has 0 saturated carbocycles. The lowest BCUT2D eigenvalue weighted by molar-refractivity contribution is -0.183. The maximum absolute atomic E-state index is 11.8. The monoisotopic (exact) mass is 227 g/mol. The normalized spacial score (nSPS) is 16.4. The van der Waals surface area contributed by atoms with Gasteiger partial charge in [0.25, 0.3) is 0 Å². The third-order valence-electron chi connectivity index (χ3n) is 2.01. The Balaban J connectivity index is 3.53. The zero-order chi connectivity index (χ0) is 11.9. The molecule has 15 heavy (non-hydrogen) atoms. The lowest BCUT2D eigenvalue weighted by Crippen LogP contribution is -2.35. The molecule has 0 fully saturated rings. The van der Waals surface area contributed by atoms with Gasteiger partial charge < -0.3 is 10.1 Å². The van der Waals surface area contributed by atoms with Crippen molar-refractivity contribution in [2.75, 3.05) is 13.2 Å². The van der Waals surface area contributed by atoms with Crippen molar-refractivity contribution in [3.63, 3.8) is 0 Å². The van der Waals surface area contributed by atoms with E-state index in [1.54, 1.807) is 6.92 Å². The molecule has 92 valence electrons. The largest absolute Gasteiger partial charge is 0.411 e. The van der Waals surface area contributed by atoms with E-state index < -0.39 is 18.9 Å². The van der Waals surface area contributed by atoms with E-state index in [4.69, 9.17) is 0 Å². The smallest absolute Gasteiger partial charge is 0.368 e. The summed E-state index contributed by atoms with van der Waals surface area (Å²) in [7, 11) is 0. The Morgan fingerprint density at radius 2 is 1.87 bits per heavy atom. The van der Waals surface area contributed by atoms with Crippen LogP contribution in [-0.2, 0) is 4.74 Å². The summed E-state index contributed by atoms with van der Waals surface area (Å²) in [5, 5.41) is 3.13. The van der Waals surface area contributed by atoms with Crippen LogP contribution in [0.25, 0.3) is 0 Å². The molecule has 1 N–H and O–H groups in total. The Labute approximate surface area is 89.2 Å². The van der Waals surface area contributed by atoms with Crippen molar-refractivity contribution in [3.05, 3.63) is 0 Å². The Hall–Kier alpha value is -0.290. The average Bonchev–Trinajstić information content (AvgIpc) is 2.11. The molecule has 2 atom stereocenters. The van der Waals surface area contributed by atoms with Crippen LogP contribution in [0.15, 0.2) is 0 Å². The standard InChI is InChI=1S/C10H20F3NO/c1-4-5-8(2)14-6-9(3)15-7-10(11,12)13/h8-9,14H,4-7H2,1-3H3. The van der Waals surface area contributed by atoms with E-state index in [0.29, 0.717) is 12.6 Å². The molecule has 0 aliphatic carbocycles. The summed E-state index contributed by atoms with van der Waals surface area (Å²) >= 11 is 0. The number of hydrogen-bond acceptors (Lipinski definition) is 2. The molecule has 2 unspecified atom stereocenters. The van der Waals surface area contributed by atoms with Crippen molar-refractivity contribution in [1.29, 1.82) is 0 Å². The fourth-order valence-corrected chi connectivity index (χ4v) is 1.20. The minimum Gasteiger partial charge on any atom is -0.368 e. The summed E-state index contributed by atoms with van der Waals surface area (Å²) < 4.78 is 40.0. The highest BCUT2D eigenvalue weighted by atomic mass is 19.4. The van der Waals surface area contributed by atoms with Crippen LogP contribution in [0, 0.1) is 0 Å². The summed E-state index contributed by atoms with van der Waals surface area (Å²) in [6, 6.07) is 0.326. The van der Waals surface area contributed by atoms with E-state index in [1.165, 1.54) is 0 Å². The number of hydrogen-bond donors (Lipinski definition) is 1. The second kappa shape index (κ2) is 7.06. The number of nitrogens with one attached hydrogen (secondary N) is 1. The van der Waals surface area contributed by atoms with Gasteiger partial charge in [-0.05, 0) is 20.3 Å². The summed E-state index contributed by atoms with van der Waals surface area (Å²) in [4.78, 5) is 0. The molecule has 0 spiro atoms. The van der Waals surface area contributed by atoms with Gasteiger partial charge in [-0.15, -0.1) is 0 Å². The van der Waals surface area contributed by atoms with E-state index in [2.05, 4.69) is 17.0 Å². The fourth-order valence-electron chi connectivity index (χ4n) is 1.20. The molecular weight excluding hydrogens is 207 g/mol. The molecule has 2 nitrogen and oxygen atoms in total. The van der Waals surface area contributed by atoms with Crippen molar-refractivity contribution in [2.45, 2.75) is 51.9 Å². The van der Waals surface area contributed by atoms with E-state index in [9.17, 15) is 13.2 Å². The summed E-state index contributed by atoms with van der Waals surface area (Å²) in [6.07, 6.45) is -2.56. The first kappa shape index (κ1) is 14.7. The summed E-state index contributed by atoms with van der Waals surface area (Å²) in [5.74, 6) is 0. The van der Waals surface area contributed by atoms with Crippen molar-refractivity contribution < 1.29 is 17.9 Å². The Morgan fingerprint density at radius 1 is 1.27 bits per heavy atom. The van der Waals surface area contributed by atoms with Gasteiger partial charge in [0.15, 0.2) is 0 Å². The van der Waals surface area contributed by atoms with Gasteiger partial charge in [-0.25, -0.2) is 0 Å². The zero-order valence-corrected chi connectivity index (χ0v) is 9.53. The quantitative estimate of drug-likeness (QED) is 0.722. The molecule has 0 radical (unpaired) electrons. The summed E-state index contributed by atoms with van der Waals surface area (Å²) in [6.45, 7) is 5.01. The summed E-state index contributed by atoms with van der Waals surface area (Å²) in [5.41, 5.74) is 0. The van der Waals surface area contributed by atoms with Gasteiger partial charge in [0.2, 0.25) is 0 Å². The van der Waals surface area contributed by atoms with Crippen molar-refractivity contribution in [3.8, 4) is 0 Å². The van der Waals surface area contributed by atoms with E-state index in [0.717, 1.165) is 12.8 Å². The Morgan fingerprint density at radius 3 is 2.33 bits per heavy atom. The highest BCUT2D eigenvalue weighted by Crippen LogP contribution is 2.15.